The quantitative estimate of drug-likeness (QED) is 0.164. The molecule has 0 bridgehead atoms. The molecule has 0 unspecified atom stereocenters. The summed E-state index contributed by atoms with van der Waals surface area (Å²) in [6, 6.07) is 62.5. The zero-order valence-electron chi connectivity index (χ0n) is 46.4. The van der Waals surface area contributed by atoms with E-state index in [1.54, 1.807) is 30.3 Å². The van der Waals surface area contributed by atoms with Gasteiger partial charge in [0.1, 0.15) is 5.58 Å². The van der Waals surface area contributed by atoms with E-state index in [1.807, 2.05) is 51.1 Å². The Morgan fingerprint density at radius 1 is 0.547 bits per heavy atom. The molecule has 10 aromatic rings. The Hall–Kier alpha value is -6.64. The van der Waals surface area contributed by atoms with E-state index < -0.39 is 32.3 Å². The number of aromatic nitrogens is 1. The Morgan fingerprint density at radius 2 is 1.16 bits per heavy atom. The molecule has 2 heterocycles. The van der Waals surface area contributed by atoms with Crippen LogP contribution < -0.4 is 0 Å². The molecule has 0 atom stereocenters. The van der Waals surface area contributed by atoms with Crippen LogP contribution in [0, 0.1) is 44.2 Å². The third-order valence-electron chi connectivity index (χ3n) is 11.3. The molecule has 8 aromatic carbocycles. The van der Waals surface area contributed by atoms with Gasteiger partial charge in [0.2, 0.25) is 0 Å². The third-order valence-corrected chi connectivity index (χ3v) is 11.3. The predicted molar refractivity (Wildman–Crippen MR) is 263 cm³/mol. The number of hydrogen-bond acceptors (Lipinski definition) is 2. The van der Waals surface area contributed by atoms with Gasteiger partial charge in [-0.25, -0.2) is 5.56 Å². The average Bonchev–Trinajstić information content (AvgIpc) is 3.76. The smallest absolute Gasteiger partial charge is 0.510 e. The number of pyridine rings is 1. The average molecular weight is 1010 g/mol. The number of nitrogens with zero attached hydrogens (tertiary/aromatic N) is 1. The van der Waals surface area contributed by atoms with Crippen LogP contribution >= 0.6 is 0 Å². The summed E-state index contributed by atoms with van der Waals surface area (Å²) in [5.74, 6) is 0. The zero-order valence-corrected chi connectivity index (χ0v) is 37.7. The van der Waals surface area contributed by atoms with Crippen LogP contribution in [0.15, 0.2) is 174 Å². The van der Waals surface area contributed by atoms with E-state index in [4.69, 9.17) is 19.5 Å². The molecule has 0 N–H and O–H groups in total. The molecule has 0 spiro atoms. The number of benzene rings is 8. The molecule has 11 rings (SSSR count). The molecular formula is C61H48IrNO. The fourth-order valence-electron chi connectivity index (χ4n) is 8.56. The van der Waals surface area contributed by atoms with Gasteiger partial charge in [-0.05, 0) is 81.3 Å². The van der Waals surface area contributed by atoms with Crippen molar-refractivity contribution in [2.24, 2.45) is 5.41 Å². The van der Waals surface area contributed by atoms with Gasteiger partial charge in [-0.2, -0.15) is 35.9 Å². The first kappa shape index (κ1) is 31.2. The Labute approximate surface area is 406 Å². The van der Waals surface area contributed by atoms with Gasteiger partial charge in [0.25, 0.3) is 0 Å². The largest absolute Gasteiger partial charge is 3.00 e. The van der Waals surface area contributed by atoms with E-state index in [-0.39, 0.29) is 42.5 Å². The van der Waals surface area contributed by atoms with Crippen molar-refractivity contribution in [1.29, 1.82) is 0 Å². The van der Waals surface area contributed by atoms with Crippen molar-refractivity contribution in [2.45, 2.75) is 47.7 Å². The van der Waals surface area contributed by atoms with Crippen LogP contribution in [0.2, 0.25) is 0 Å². The first-order valence-electron chi connectivity index (χ1n) is 26.4. The monoisotopic (exact) mass is 1010 g/mol. The van der Waals surface area contributed by atoms with Gasteiger partial charge >= 0.3 is 20.1 Å². The van der Waals surface area contributed by atoms with Crippen LogP contribution in [0.5, 0.6) is 0 Å². The molecule has 0 radical (unpaired) electrons. The van der Waals surface area contributed by atoms with Crippen LogP contribution in [0.25, 0.3) is 100.0 Å². The van der Waals surface area contributed by atoms with Crippen molar-refractivity contribution < 1.29 is 39.6 Å². The predicted octanol–water partition coefficient (Wildman–Crippen LogP) is 16.6. The summed E-state index contributed by atoms with van der Waals surface area (Å²) in [6.07, 6.45) is -0.487. The molecule has 0 fully saturated rings. The van der Waals surface area contributed by atoms with Crippen LogP contribution in [0.1, 0.15) is 58.1 Å². The molecule has 1 aliphatic rings. The molecule has 0 saturated heterocycles. The van der Waals surface area contributed by atoms with E-state index in [2.05, 4.69) is 114 Å². The zero-order chi connectivity index (χ0) is 52.5. The van der Waals surface area contributed by atoms with Crippen molar-refractivity contribution in [3.05, 3.63) is 210 Å². The molecule has 2 aromatic heterocycles. The molecule has 0 aliphatic heterocycles. The van der Waals surface area contributed by atoms with Crippen LogP contribution in [0.3, 0.4) is 0 Å². The number of hydrogen-bond donors (Lipinski definition) is 0. The minimum atomic E-state index is -2.65. The molecule has 312 valence electrons. The van der Waals surface area contributed by atoms with Gasteiger partial charge in [0.05, 0.1) is 0 Å². The Kier molecular flexibility index (Phi) is 8.54. The summed E-state index contributed by atoms with van der Waals surface area (Å²) in [4.78, 5) is 4.13. The summed E-state index contributed by atoms with van der Waals surface area (Å²) in [6.45, 7) is -1.86. The molecule has 3 heteroatoms. The minimum absolute atomic E-state index is 0. The topological polar surface area (TPSA) is 26.0 Å². The second kappa shape index (κ2) is 17.5. The molecule has 0 amide bonds. The van der Waals surface area contributed by atoms with Gasteiger partial charge < -0.3 is 9.40 Å². The number of aryl methyl sites for hydroxylation is 3. The van der Waals surface area contributed by atoms with Gasteiger partial charge in [0, 0.05) is 37.8 Å². The van der Waals surface area contributed by atoms with E-state index in [1.165, 1.54) is 39.9 Å². The number of fused-ring (bicyclic) bond motifs is 12. The van der Waals surface area contributed by atoms with E-state index in [0.29, 0.717) is 22.3 Å². The first-order chi connectivity index (χ1) is 35.0. The van der Waals surface area contributed by atoms with Crippen LogP contribution in [0.4, 0.5) is 0 Å². The fraction of sp³-hybridized carbons (Fsp3) is 0.131. The van der Waals surface area contributed by atoms with Crippen molar-refractivity contribution in [2.75, 3.05) is 0 Å². The Balaban J connectivity index is 0.000000196. The second-order valence-electron chi connectivity index (χ2n) is 16.7. The third kappa shape index (κ3) is 8.07. The second-order valence-corrected chi connectivity index (χ2v) is 16.7. The summed E-state index contributed by atoms with van der Waals surface area (Å²) >= 11 is 0. The number of rotatable bonds is 4. The van der Waals surface area contributed by atoms with Crippen molar-refractivity contribution in [3.8, 4) is 78.0 Å². The first-order valence-corrected chi connectivity index (χ1v) is 20.9. The molecule has 0 saturated carbocycles. The Morgan fingerprint density at radius 3 is 1.83 bits per heavy atom. The Bertz CT molecular complexity index is 3770. The SMILES string of the molecule is [2H]C([2H])([2H])c1c[c-]c(-c2cc(C([2H])([2H])[2H])c(C([2H])([2H])[2H])cn2)cc1-c1ccccc1.[2H]C([2H])(c1cc[c-]c(-c2[c-]ccc3c2oc2c4c(ccc23)-c2ccccc2-c2ccccc2-c2ccccc2-4)c1)C(C)(C)C.[Ir+3]. The molecule has 2 nitrogen and oxygen atoms in total. The number of furan rings is 1. The fourth-order valence-corrected chi connectivity index (χ4v) is 8.56. The van der Waals surface area contributed by atoms with Gasteiger partial charge in [0.15, 0.2) is 0 Å². The molecule has 64 heavy (non-hydrogen) atoms. The van der Waals surface area contributed by atoms with Gasteiger partial charge in [-0.15, -0.1) is 47.0 Å². The van der Waals surface area contributed by atoms with Gasteiger partial charge in [-0.1, -0.05) is 165 Å². The minimum Gasteiger partial charge on any atom is -0.510 e. The van der Waals surface area contributed by atoms with Crippen molar-refractivity contribution in [1.82, 2.24) is 4.98 Å². The summed E-state index contributed by atoms with van der Waals surface area (Å²) < 4.78 is 94.0. The molecular weight excluding hydrogens is 955 g/mol. The maximum Gasteiger partial charge on any atom is 3.00 e. The molecule has 1 aliphatic carbocycles. The summed E-state index contributed by atoms with van der Waals surface area (Å²) in [5, 5.41) is 2.04. The summed E-state index contributed by atoms with van der Waals surface area (Å²) in [7, 11) is 0. The van der Waals surface area contributed by atoms with E-state index in [0.717, 1.165) is 56.0 Å². The normalized spacial score (nSPS) is 14.9. The standard InChI is InChI=1S/C41H30O.C20H18N.Ir/c1-41(2,3)25-26-12-10-13-27(24-26)28-20-11-21-36-37-23-22-35-33-18-7-6-16-31(33)29-14-4-5-15-30(29)32-17-8-9-19-34(32)38(35)40(37)42-39(28)36;1-14-9-10-18(20-11-15(2)16(3)13-21-20)12-19(14)17-7-5-4-6-8-17;/h4-12,14-19,21-24H,25H2,1-3H3;4-9,11-13H,1-3H3;/q-2;-1;+3/i25D2;1D3,2D3,3D3;. The maximum atomic E-state index is 8.87. The van der Waals surface area contributed by atoms with Crippen LogP contribution in [-0.4, -0.2) is 4.98 Å². The van der Waals surface area contributed by atoms with E-state index >= 15 is 0 Å². The maximum absolute atomic E-state index is 8.87. The van der Waals surface area contributed by atoms with Gasteiger partial charge in [-0.3, -0.25) is 0 Å². The van der Waals surface area contributed by atoms with Crippen LogP contribution in [-0.2, 0) is 26.5 Å². The summed E-state index contributed by atoms with van der Waals surface area (Å²) in [5.41, 5.74) is 13.6. The van der Waals surface area contributed by atoms with Crippen molar-refractivity contribution >= 4 is 21.9 Å². The van der Waals surface area contributed by atoms with E-state index in [9.17, 15) is 0 Å². The van der Waals surface area contributed by atoms with Crippen molar-refractivity contribution in [3.63, 3.8) is 0 Å².